The van der Waals surface area contributed by atoms with Gasteiger partial charge >= 0.3 is 0 Å². The molecule has 1 rings (SSSR count). The quantitative estimate of drug-likeness (QED) is 0.658. The van der Waals surface area contributed by atoms with Crippen molar-refractivity contribution in [3.05, 3.63) is 47.7 Å². The van der Waals surface area contributed by atoms with E-state index < -0.39 is 6.10 Å². The molecule has 1 aromatic carbocycles. The van der Waals surface area contributed by atoms with Crippen LogP contribution in [0.3, 0.4) is 0 Å². The average Bonchev–Trinajstić information content (AvgIpc) is 2.05. The van der Waals surface area contributed by atoms with Gasteiger partial charge in [0.05, 0.1) is 6.10 Å². The van der Waals surface area contributed by atoms with E-state index in [1.807, 2.05) is 36.4 Å². The van der Waals surface area contributed by atoms with Crippen LogP contribution in [0.25, 0.3) is 6.08 Å². The number of rotatable bonds is 2. The molecule has 0 aliphatic carbocycles. The summed E-state index contributed by atoms with van der Waals surface area (Å²) < 4.78 is 0. The highest BCUT2D eigenvalue weighted by atomic mass is 16.3. The van der Waals surface area contributed by atoms with Gasteiger partial charge in [-0.25, -0.2) is 0 Å². The molecule has 1 N–H and O–H groups in total. The molecule has 1 nitrogen and oxygen atoms in total. The summed E-state index contributed by atoms with van der Waals surface area (Å²) in [6, 6.07) is 9.88. The predicted octanol–water partition coefficient (Wildman–Crippen LogP) is 2.24. The first kappa shape index (κ1) is 8.79. The van der Waals surface area contributed by atoms with Gasteiger partial charge in [-0.15, -0.1) is 5.73 Å². The molecule has 0 saturated carbocycles. The first-order valence-electron chi connectivity index (χ1n) is 3.95. The smallest absolute Gasteiger partial charge is 0.0766 e. The first-order valence-corrected chi connectivity index (χ1v) is 3.95. The molecule has 0 aromatic heterocycles. The lowest BCUT2D eigenvalue weighted by molar-refractivity contribution is 0.244. The number of aliphatic hydroxyl groups is 1. The van der Waals surface area contributed by atoms with E-state index in [1.165, 1.54) is 0 Å². The second-order valence-electron chi connectivity index (χ2n) is 2.63. The Hall–Kier alpha value is -1.30. The van der Waals surface area contributed by atoms with Gasteiger partial charge < -0.3 is 5.11 Å². The van der Waals surface area contributed by atoms with Gasteiger partial charge in [0, 0.05) is 0 Å². The van der Waals surface area contributed by atoms with Gasteiger partial charge in [-0.2, -0.15) is 0 Å². The van der Waals surface area contributed by atoms with Crippen molar-refractivity contribution in [2.24, 2.45) is 0 Å². The van der Waals surface area contributed by atoms with Crippen LogP contribution in [0.1, 0.15) is 12.5 Å². The van der Waals surface area contributed by atoms with E-state index in [9.17, 15) is 0 Å². The summed E-state index contributed by atoms with van der Waals surface area (Å²) in [6.45, 7) is 1.70. The molecule has 0 spiro atoms. The molecule has 1 atom stereocenters. The summed E-state index contributed by atoms with van der Waals surface area (Å²) >= 11 is 0. The summed E-state index contributed by atoms with van der Waals surface area (Å²) in [5.41, 5.74) is 3.99. The summed E-state index contributed by atoms with van der Waals surface area (Å²) in [6.07, 6.45) is 3.03. The van der Waals surface area contributed by atoms with E-state index in [0.717, 1.165) is 5.56 Å². The monoisotopic (exact) mass is 160 g/mol. The molecule has 1 heteroatoms. The third-order valence-corrected chi connectivity index (χ3v) is 1.39. The zero-order valence-corrected chi connectivity index (χ0v) is 7.07. The molecule has 0 fully saturated rings. The molecule has 0 saturated heterocycles. The summed E-state index contributed by atoms with van der Waals surface area (Å²) in [4.78, 5) is 0. The Morgan fingerprint density at radius 1 is 1.33 bits per heavy atom. The lowest BCUT2D eigenvalue weighted by Crippen LogP contribution is -1.89. The van der Waals surface area contributed by atoms with E-state index in [0.29, 0.717) is 0 Å². The third-order valence-electron chi connectivity index (χ3n) is 1.39. The molecule has 1 unspecified atom stereocenters. The largest absolute Gasteiger partial charge is 0.389 e. The third kappa shape index (κ3) is 3.20. The molecular formula is C11H12O. The van der Waals surface area contributed by atoms with Crippen LogP contribution in [0.2, 0.25) is 0 Å². The minimum atomic E-state index is -0.426. The van der Waals surface area contributed by atoms with E-state index in [2.05, 4.69) is 5.73 Å². The number of hydrogen-bond donors (Lipinski definition) is 1. The lowest BCUT2D eigenvalue weighted by Gasteiger charge is -1.89. The maximum absolute atomic E-state index is 8.89. The number of benzene rings is 1. The minimum absolute atomic E-state index is 0.426. The van der Waals surface area contributed by atoms with Crippen molar-refractivity contribution in [3.8, 4) is 0 Å². The van der Waals surface area contributed by atoms with Crippen molar-refractivity contribution in [3.63, 3.8) is 0 Å². The van der Waals surface area contributed by atoms with Gasteiger partial charge in [-0.05, 0) is 24.6 Å². The van der Waals surface area contributed by atoms with Crippen LogP contribution in [0.15, 0.2) is 42.1 Å². The Morgan fingerprint density at radius 2 is 2.00 bits per heavy atom. The fourth-order valence-corrected chi connectivity index (χ4v) is 0.833. The molecule has 62 valence electrons. The molecule has 0 bridgehead atoms. The van der Waals surface area contributed by atoms with Gasteiger partial charge in [-0.1, -0.05) is 30.3 Å². The summed E-state index contributed by atoms with van der Waals surface area (Å²) in [5, 5.41) is 8.89. The van der Waals surface area contributed by atoms with Crippen LogP contribution in [0.5, 0.6) is 0 Å². The predicted molar refractivity (Wildman–Crippen MR) is 50.7 cm³/mol. The van der Waals surface area contributed by atoms with Crippen molar-refractivity contribution < 1.29 is 5.11 Å². The van der Waals surface area contributed by atoms with Crippen molar-refractivity contribution in [1.29, 1.82) is 0 Å². The Morgan fingerprint density at radius 3 is 2.58 bits per heavy atom. The van der Waals surface area contributed by atoms with Gasteiger partial charge in [0.15, 0.2) is 0 Å². The van der Waals surface area contributed by atoms with Crippen molar-refractivity contribution >= 4 is 6.08 Å². The van der Waals surface area contributed by atoms with Crippen LogP contribution in [-0.2, 0) is 0 Å². The summed E-state index contributed by atoms with van der Waals surface area (Å²) in [5.74, 6) is 0. The first-order chi connectivity index (χ1) is 5.79. The Kier molecular flexibility index (Phi) is 3.34. The van der Waals surface area contributed by atoms with Crippen LogP contribution in [0, 0.1) is 0 Å². The second kappa shape index (κ2) is 4.55. The Balaban J connectivity index is 2.70. The number of hydrogen-bond acceptors (Lipinski definition) is 1. The van der Waals surface area contributed by atoms with E-state index in [-0.39, 0.29) is 0 Å². The normalized spacial score (nSPS) is 11.5. The zero-order valence-electron chi connectivity index (χ0n) is 7.07. The van der Waals surface area contributed by atoms with Gasteiger partial charge in [-0.3, -0.25) is 0 Å². The van der Waals surface area contributed by atoms with Crippen LogP contribution < -0.4 is 0 Å². The fourth-order valence-electron chi connectivity index (χ4n) is 0.833. The van der Waals surface area contributed by atoms with Crippen LogP contribution in [0.4, 0.5) is 0 Å². The van der Waals surface area contributed by atoms with Crippen molar-refractivity contribution in [2.75, 3.05) is 0 Å². The SMILES string of the molecule is CC(O)C=C=Cc1ccccc1. The van der Waals surface area contributed by atoms with Gasteiger partial charge in [0.2, 0.25) is 0 Å². The zero-order chi connectivity index (χ0) is 8.81. The fraction of sp³-hybridized carbons (Fsp3) is 0.182. The summed E-state index contributed by atoms with van der Waals surface area (Å²) in [7, 11) is 0. The number of aliphatic hydroxyl groups excluding tert-OH is 1. The Bertz CT molecular complexity index is 279. The maximum Gasteiger partial charge on any atom is 0.0766 e. The highest BCUT2D eigenvalue weighted by Crippen LogP contribution is 1.99. The topological polar surface area (TPSA) is 20.2 Å². The van der Waals surface area contributed by atoms with Gasteiger partial charge in [0.25, 0.3) is 0 Å². The lowest BCUT2D eigenvalue weighted by atomic mass is 10.2. The molecule has 0 radical (unpaired) electrons. The molecule has 0 aliphatic rings. The highest BCUT2D eigenvalue weighted by Gasteiger charge is 1.82. The Labute approximate surface area is 72.7 Å². The average molecular weight is 160 g/mol. The van der Waals surface area contributed by atoms with Crippen LogP contribution in [-0.4, -0.2) is 11.2 Å². The van der Waals surface area contributed by atoms with Crippen molar-refractivity contribution in [2.45, 2.75) is 13.0 Å². The minimum Gasteiger partial charge on any atom is -0.389 e. The highest BCUT2D eigenvalue weighted by molar-refractivity contribution is 5.47. The molecule has 0 heterocycles. The van der Waals surface area contributed by atoms with Gasteiger partial charge in [0.1, 0.15) is 0 Å². The second-order valence-corrected chi connectivity index (χ2v) is 2.63. The standard InChI is InChI=1S/C11H12O/c1-10(12)6-5-9-11-7-3-2-4-8-11/h2-4,6-10,12H,1H3. The molecule has 0 aliphatic heterocycles. The maximum atomic E-state index is 8.89. The molecule has 12 heavy (non-hydrogen) atoms. The molecule has 0 amide bonds. The van der Waals surface area contributed by atoms with Crippen LogP contribution >= 0.6 is 0 Å². The molecule has 1 aromatic rings. The van der Waals surface area contributed by atoms with E-state index >= 15 is 0 Å². The van der Waals surface area contributed by atoms with E-state index in [4.69, 9.17) is 5.11 Å². The molecular weight excluding hydrogens is 148 g/mol. The van der Waals surface area contributed by atoms with Crippen molar-refractivity contribution in [1.82, 2.24) is 0 Å². The van der Waals surface area contributed by atoms with E-state index in [1.54, 1.807) is 13.0 Å².